The van der Waals surface area contributed by atoms with Gasteiger partial charge in [0.25, 0.3) is 0 Å². The Bertz CT molecular complexity index is 931. The molecule has 7 nitrogen and oxygen atoms in total. The minimum absolute atomic E-state index is 0.643. The minimum Gasteiger partial charge on any atom is -0.364 e. The van der Waals surface area contributed by atoms with Gasteiger partial charge in [0.05, 0.1) is 23.3 Å². The van der Waals surface area contributed by atoms with Crippen molar-refractivity contribution < 1.29 is 0 Å². The van der Waals surface area contributed by atoms with Gasteiger partial charge in [0.1, 0.15) is 11.6 Å². The fourth-order valence-corrected chi connectivity index (χ4v) is 3.73. The van der Waals surface area contributed by atoms with Crippen LogP contribution in [0.15, 0.2) is 24.4 Å². The largest absolute Gasteiger partial charge is 0.364 e. The monoisotopic (exact) mass is 365 g/mol. The summed E-state index contributed by atoms with van der Waals surface area (Å²) in [5, 5.41) is 9.18. The molecule has 4 rings (SSSR count). The number of nitrogens with one attached hydrogen (secondary N) is 1. The van der Waals surface area contributed by atoms with E-state index in [-0.39, 0.29) is 0 Å². The van der Waals surface area contributed by atoms with Crippen molar-refractivity contribution in [3.8, 4) is 0 Å². The number of rotatable bonds is 5. The molecule has 1 N–H and O–H groups in total. The number of aryl methyl sites for hydroxylation is 2. The van der Waals surface area contributed by atoms with Crippen LogP contribution in [0, 0.1) is 12.8 Å². The van der Waals surface area contributed by atoms with Crippen molar-refractivity contribution in [2.75, 3.05) is 18.4 Å². The van der Waals surface area contributed by atoms with E-state index in [4.69, 9.17) is 5.10 Å². The molecule has 142 valence electrons. The Labute approximate surface area is 159 Å². The molecule has 0 bridgehead atoms. The zero-order valence-corrected chi connectivity index (χ0v) is 16.3. The molecule has 3 aromatic heterocycles. The highest BCUT2D eigenvalue weighted by Gasteiger charge is 2.17. The van der Waals surface area contributed by atoms with Crippen LogP contribution in [-0.4, -0.2) is 42.7 Å². The Morgan fingerprint density at radius 3 is 2.96 bits per heavy atom. The zero-order valence-electron chi connectivity index (χ0n) is 16.3. The van der Waals surface area contributed by atoms with Gasteiger partial charge < -0.3 is 5.32 Å². The molecule has 1 aliphatic heterocycles. The summed E-state index contributed by atoms with van der Waals surface area (Å²) in [6, 6.07) is 6.13. The number of pyridine rings is 1. The first-order valence-corrected chi connectivity index (χ1v) is 9.69. The molecule has 0 amide bonds. The lowest BCUT2D eigenvalue weighted by Gasteiger charge is -2.21. The van der Waals surface area contributed by atoms with Gasteiger partial charge in [-0.3, -0.25) is 9.58 Å². The van der Waals surface area contributed by atoms with Crippen molar-refractivity contribution in [1.29, 1.82) is 0 Å². The maximum Gasteiger partial charge on any atom is 0.164 e. The number of anilines is 1. The average Bonchev–Trinajstić information content (AvgIpc) is 2.91. The molecule has 0 aliphatic carbocycles. The third kappa shape index (κ3) is 4.08. The van der Waals surface area contributed by atoms with Gasteiger partial charge in [-0.2, -0.15) is 5.10 Å². The predicted octanol–water partition coefficient (Wildman–Crippen LogP) is 3.00. The Hall–Kier alpha value is -2.54. The zero-order chi connectivity index (χ0) is 18.8. The Morgan fingerprint density at radius 1 is 1.22 bits per heavy atom. The number of nitrogens with zero attached hydrogens (tertiary/aromatic N) is 6. The van der Waals surface area contributed by atoms with Crippen LogP contribution in [0.2, 0.25) is 0 Å². The van der Waals surface area contributed by atoms with E-state index in [0.717, 1.165) is 55.1 Å². The van der Waals surface area contributed by atoms with Gasteiger partial charge in [0, 0.05) is 32.4 Å². The molecule has 4 heterocycles. The smallest absolute Gasteiger partial charge is 0.164 e. The van der Waals surface area contributed by atoms with Crippen LogP contribution in [-0.2, 0) is 19.6 Å². The molecular weight excluding hydrogens is 338 g/mol. The molecule has 27 heavy (non-hydrogen) atoms. The maximum atomic E-state index is 4.81. The topological polar surface area (TPSA) is 71.8 Å². The number of hydrogen-bond acceptors (Lipinski definition) is 6. The second-order valence-corrected chi connectivity index (χ2v) is 7.68. The highest BCUT2D eigenvalue weighted by Crippen LogP contribution is 2.20. The molecule has 1 aliphatic rings. The summed E-state index contributed by atoms with van der Waals surface area (Å²) < 4.78 is 2.17. The van der Waals surface area contributed by atoms with E-state index >= 15 is 0 Å². The predicted molar refractivity (Wildman–Crippen MR) is 106 cm³/mol. The van der Waals surface area contributed by atoms with Crippen LogP contribution in [0.1, 0.15) is 37.5 Å². The second kappa shape index (κ2) is 7.60. The average molecular weight is 365 g/mol. The van der Waals surface area contributed by atoms with Gasteiger partial charge in [0.2, 0.25) is 0 Å². The van der Waals surface area contributed by atoms with Crippen molar-refractivity contribution in [2.45, 2.75) is 46.8 Å². The van der Waals surface area contributed by atoms with Crippen LogP contribution in [0.4, 0.5) is 5.82 Å². The van der Waals surface area contributed by atoms with E-state index in [9.17, 15) is 0 Å². The molecule has 7 heteroatoms. The van der Waals surface area contributed by atoms with Crippen molar-refractivity contribution >= 4 is 16.9 Å². The first-order valence-electron chi connectivity index (χ1n) is 9.69. The normalized spacial score (nSPS) is 15.1. The maximum absolute atomic E-state index is 4.81. The summed E-state index contributed by atoms with van der Waals surface area (Å²) in [4.78, 5) is 15.8. The summed E-state index contributed by atoms with van der Waals surface area (Å²) in [6.45, 7) is 11.3. The quantitative estimate of drug-likeness (QED) is 0.749. The molecule has 0 atom stereocenters. The lowest BCUT2D eigenvalue weighted by Crippen LogP contribution is -2.27. The number of hydrogen-bond donors (Lipinski definition) is 1. The molecule has 0 fully saturated rings. The standard InChI is InChI=1S/C20H27N7/c1-14(2)12-26-8-5-9-27-17(13-26)10-16(25-27)11-22-20-18-6-4-7-21-19(18)23-15(3)24-20/h4,6-7,10,14H,5,8-9,11-13H2,1-3H3,(H,21,22,23,24). The van der Waals surface area contributed by atoms with Gasteiger partial charge in [-0.1, -0.05) is 13.8 Å². The second-order valence-electron chi connectivity index (χ2n) is 7.68. The van der Waals surface area contributed by atoms with Gasteiger partial charge in [-0.05, 0) is 37.5 Å². The Morgan fingerprint density at radius 2 is 2.11 bits per heavy atom. The highest BCUT2D eigenvalue weighted by molar-refractivity contribution is 5.86. The molecule has 0 unspecified atom stereocenters. The highest BCUT2D eigenvalue weighted by atomic mass is 15.3. The molecule has 0 aromatic carbocycles. The van der Waals surface area contributed by atoms with Crippen LogP contribution in [0.5, 0.6) is 0 Å². The Kier molecular flexibility index (Phi) is 5.03. The summed E-state index contributed by atoms with van der Waals surface area (Å²) in [5.41, 5.74) is 3.07. The van der Waals surface area contributed by atoms with E-state index < -0.39 is 0 Å². The van der Waals surface area contributed by atoms with Gasteiger partial charge in [0.15, 0.2) is 5.65 Å². The summed E-state index contributed by atoms with van der Waals surface area (Å²) in [5.74, 6) is 2.22. The van der Waals surface area contributed by atoms with Crippen LogP contribution in [0.25, 0.3) is 11.0 Å². The van der Waals surface area contributed by atoms with E-state index in [2.05, 4.69) is 49.8 Å². The van der Waals surface area contributed by atoms with Crippen LogP contribution >= 0.6 is 0 Å². The van der Waals surface area contributed by atoms with Crippen LogP contribution < -0.4 is 5.32 Å². The third-order valence-electron chi connectivity index (χ3n) is 4.79. The van der Waals surface area contributed by atoms with Crippen LogP contribution in [0.3, 0.4) is 0 Å². The molecular formula is C20H27N7. The van der Waals surface area contributed by atoms with Crippen molar-refractivity contribution in [2.24, 2.45) is 5.92 Å². The molecule has 0 spiro atoms. The SMILES string of the molecule is Cc1nc(NCc2cc3n(n2)CCCN(CC(C)C)C3)c2cccnc2n1. The lowest BCUT2D eigenvalue weighted by atomic mass is 10.2. The summed E-state index contributed by atoms with van der Waals surface area (Å²) >= 11 is 0. The van der Waals surface area contributed by atoms with E-state index in [1.165, 1.54) is 5.69 Å². The van der Waals surface area contributed by atoms with E-state index in [1.807, 2.05) is 19.1 Å². The lowest BCUT2D eigenvalue weighted by molar-refractivity contribution is 0.239. The molecule has 0 radical (unpaired) electrons. The Balaban J connectivity index is 1.50. The summed E-state index contributed by atoms with van der Waals surface area (Å²) in [6.07, 6.45) is 2.91. The van der Waals surface area contributed by atoms with Gasteiger partial charge in [-0.25, -0.2) is 15.0 Å². The first-order chi connectivity index (χ1) is 13.1. The van der Waals surface area contributed by atoms with Crippen molar-refractivity contribution in [3.63, 3.8) is 0 Å². The van der Waals surface area contributed by atoms with Gasteiger partial charge in [-0.15, -0.1) is 0 Å². The minimum atomic E-state index is 0.643. The number of aromatic nitrogens is 5. The van der Waals surface area contributed by atoms with E-state index in [0.29, 0.717) is 18.3 Å². The van der Waals surface area contributed by atoms with Crippen molar-refractivity contribution in [3.05, 3.63) is 41.6 Å². The first kappa shape index (κ1) is 17.9. The number of fused-ring (bicyclic) bond motifs is 2. The fraction of sp³-hybridized carbons (Fsp3) is 0.500. The molecule has 0 saturated heterocycles. The fourth-order valence-electron chi connectivity index (χ4n) is 3.73. The molecule has 0 saturated carbocycles. The third-order valence-corrected chi connectivity index (χ3v) is 4.79. The van der Waals surface area contributed by atoms with Gasteiger partial charge >= 0.3 is 0 Å². The summed E-state index contributed by atoms with van der Waals surface area (Å²) in [7, 11) is 0. The molecule has 3 aromatic rings. The van der Waals surface area contributed by atoms with E-state index in [1.54, 1.807) is 6.20 Å². The van der Waals surface area contributed by atoms with Crippen molar-refractivity contribution in [1.82, 2.24) is 29.6 Å².